The van der Waals surface area contributed by atoms with Crippen LogP contribution >= 0.6 is 24.0 Å². The molecule has 2 aliphatic heterocycles. The third-order valence-corrected chi connectivity index (χ3v) is 5.74. The second-order valence-corrected chi connectivity index (χ2v) is 7.35. The summed E-state index contributed by atoms with van der Waals surface area (Å²) < 4.78 is 1.58. The fourth-order valence-corrected chi connectivity index (χ4v) is 4.08. The van der Waals surface area contributed by atoms with Gasteiger partial charge in [0, 0.05) is 65.3 Å². The Morgan fingerprint density at radius 3 is 2.68 bits per heavy atom. The number of rotatable bonds is 4. The highest BCUT2D eigenvalue weighted by Gasteiger charge is 2.24. The Bertz CT molecular complexity index is 700. The minimum absolute atomic E-state index is 0. The Hall–Kier alpha value is -1.36. The molecule has 3 rings (SSSR count). The maximum absolute atomic E-state index is 12.3. The van der Waals surface area contributed by atoms with Gasteiger partial charge in [0.05, 0.1) is 0 Å². The number of likely N-dealkylation sites (N-methyl/N-ethyl adjacent to an activating group) is 1. The van der Waals surface area contributed by atoms with E-state index in [9.17, 15) is 4.79 Å². The number of piperidine rings is 1. The molecule has 1 aromatic rings. The van der Waals surface area contributed by atoms with Crippen molar-refractivity contribution in [2.45, 2.75) is 32.2 Å². The summed E-state index contributed by atoms with van der Waals surface area (Å²) in [7, 11) is 3.61. The minimum atomic E-state index is -0.0367. The van der Waals surface area contributed by atoms with Gasteiger partial charge >= 0.3 is 0 Å². The van der Waals surface area contributed by atoms with Crippen molar-refractivity contribution in [3.63, 3.8) is 0 Å². The molecule has 0 bridgehead atoms. The lowest BCUT2D eigenvalue weighted by atomic mass is 10.0. The summed E-state index contributed by atoms with van der Waals surface area (Å²) in [5.74, 6) is 1.51. The summed E-state index contributed by atoms with van der Waals surface area (Å²) in [6, 6.07) is 0.596. The first-order valence-corrected chi connectivity index (χ1v) is 10.1. The average molecular weight is 503 g/mol. The van der Waals surface area contributed by atoms with Crippen molar-refractivity contribution in [2.24, 2.45) is 12.0 Å². The second-order valence-electron chi connectivity index (χ2n) is 7.35. The molecule has 2 aliphatic rings. The molecular formula is C19H34IN7O. The molecule has 1 atom stereocenters. The van der Waals surface area contributed by atoms with E-state index in [1.165, 1.54) is 25.8 Å². The zero-order chi connectivity index (χ0) is 19.2. The number of aliphatic imine (C=N–C) groups is 1. The Morgan fingerprint density at radius 2 is 2.00 bits per heavy atom. The van der Waals surface area contributed by atoms with Crippen LogP contribution in [0.3, 0.4) is 0 Å². The number of piperazine rings is 1. The van der Waals surface area contributed by atoms with Gasteiger partial charge in [-0.15, -0.1) is 24.0 Å². The maximum Gasteiger partial charge on any atom is 0.293 e. The Kier molecular flexibility index (Phi) is 9.00. The lowest BCUT2D eigenvalue weighted by molar-refractivity contribution is 0.156. The van der Waals surface area contributed by atoms with Crippen molar-refractivity contribution < 1.29 is 0 Å². The highest BCUT2D eigenvalue weighted by molar-refractivity contribution is 14.0. The first kappa shape index (κ1) is 22.9. The lowest BCUT2D eigenvalue weighted by Gasteiger charge is -2.38. The summed E-state index contributed by atoms with van der Waals surface area (Å²) in [6.45, 7) is 8.73. The summed E-state index contributed by atoms with van der Waals surface area (Å²) in [4.78, 5) is 28.0. The van der Waals surface area contributed by atoms with Crippen LogP contribution < -0.4 is 15.8 Å². The lowest BCUT2D eigenvalue weighted by Crippen LogP contribution is -2.55. The SMILES string of the molecule is CCN1CCCCC1CNC(=NC)N1CCN(c2nccn(C)c2=O)CC1.I. The number of aromatic nitrogens is 2. The fourth-order valence-electron chi connectivity index (χ4n) is 4.08. The standard InChI is InChI=1S/C19H33N7O.HI/c1-4-24-9-6-5-7-16(24)15-22-19(20-2)26-13-11-25(12-14-26)17-18(27)23(3)10-8-21-17;/h8,10,16H,4-7,9,11-15H2,1-3H3,(H,20,22);1H. The Balaban J connectivity index is 0.00000280. The predicted molar refractivity (Wildman–Crippen MR) is 125 cm³/mol. The van der Waals surface area contributed by atoms with Gasteiger partial charge in [-0.05, 0) is 25.9 Å². The van der Waals surface area contributed by atoms with E-state index in [0.29, 0.717) is 11.9 Å². The molecular weight excluding hydrogens is 469 g/mol. The number of hydrogen-bond donors (Lipinski definition) is 1. The van der Waals surface area contributed by atoms with Gasteiger partial charge in [-0.3, -0.25) is 14.7 Å². The van der Waals surface area contributed by atoms with Crippen LogP contribution in [0.25, 0.3) is 0 Å². The molecule has 3 heterocycles. The number of likely N-dealkylation sites (tertiary alicyclic amines) is 1. The first-order chi connectivity index (χ1) is 13.1. The van der Waals surface area contributed by atoms with Crippen molar-refractivity contribution >= 4 is 35.8 Å². The summed E-state index contributed by atoms with van der Waals surface area (Å²) in [5, 5.41) is 3.58. The molecule has 0 amide bonds. The summed E-state index contributed by atoms with van der Waals surface area (Å²) in [5.41, 5.74) is -0.0367. The van der Waals surface area contributed by atoms with Crippen LogP contribution in [0.5, 0.6) is 0 Å². The van der Waals surface area contributed by atoms with Crippen LogP contribution in [-0.4, -0.2) is 84.2 Å². The zero-order valence-corrected chi connectivity index (χ0v) is 19.6. The zero-order valence-electron chi connectivity index (χ0n) is 17.3. The van der Waals surface area contributed by atoms with Gasteiger partial charge in [0.15, 0.2) is 11.8 Å². The maximum atomic E-state index is 12.3. The Labute approximate surface area is 185 Å². The highest BCUT2D eigenvalue weighted by atomic mass is 127. The first-order valence-electron chi connectivity index (χ1n) is 10.1. The van der Waals surface area contributed by atoms with Crippen LogP contribution in [0.4, 0.5) is 5.82 Å². The van der Waals surface area contributed by atoms with Gasteiger partial charge in [-0.1, -0.05) is 13.3 Å². The fraction of sp³-hybridized carbons (Fsp3) is 0.737. The number of nitrogens with one attached hydrogen (secondary N) is 1. The quantitative estimate of drug-likeness (QED) is 0.376. The van der Waals surface area contributed by atoms with Crippen LogP contribution in [0, 0.1) is 0 Å². The van der Waals surface area contributed by atoms with E-state index in [1.54, 1.807) is 24.0 Å². The minimum Gasteiger partial charge on any atom is -0.355 e. The second kappa shape index (κ2) is 11.0. The molecule has 8 nitrogen and oxygen atoms in total. The topological polar surface area (TPSA) is 69.0 Å². The van der Waals surface area contributed by atoms with E-state index in [0.717, 1.165) is 45.2 Å². The molecule has 0 saturated carbocycles. The number of anilines is 1. The number of halogens is 1. The molecule has 1 unspecified atom stereocenters. The van der Waals surface area contributed by atoms with Crippen molar-refractivity contribution in [3.05, 3.63) is 22.7 Å². The molecule has 2 fully saturated rings. The van der Waals surface area contributed by atoms with Gasteiger partial charge < -0.3 is 19.7 Å². The van der Waals surface area contributed by atoms with Gasteiger partial charge in [0.1, 0.15) is 0 Å². The largest absolute Gasteiger partial charge is 0.355 e. The molecule has 0 radical (unpaired) electrons. The van der Waals surface area contributed by atoms with Gasteiger partial charge in [-0.2, -0.15) is 0 Å². The predicted octanol–water partition coefficient (Wildman–Crippen LogP) is 0.970. The van der Waals surface area contributed by atoms with Crippen molar-refractivity contribution in [3.8, 4) is 0 Å². The molecule has 2 saturated heterocycles. The summed E-state index contributed by atoms with van der Waals surface area (Å²) in [6.07, 6.45) is 7.27. The number of aryl methyl sites for hydroxylation is 1. The smallest absolute Gasteiger partial charge is 0.293 e. The number of guanidine groups is 1. The van der Waals surface area contributed by atoms with Gasteiger partial charge in [-0.25, -0.2) is 4.98 Å². The normalized spacial score (nSPS) is 21.4. The van der Waals surface area contributed by atoms with Crippen LogP contribution in [-0.2, 0) is 7.05 Å². The average Bonchev–Trinajstić information content (AvgIpc) is 2.71. The third-order valence-electron chi connectivity index (χ3n) is 5.74. The molecule has 1 N–H and O–H groups in total. The Morgan fingerprint density at radius 1 is 1.25 bits per heavy atom. The monoisotopic (exact) mass is 503 g/mol. The van der Waals surface area contributed by atoms with Crippen molar-refractivity contribution in [2.75, 3.05) is 57.8 Å². The van der Waals surface area contributed by atoms with Crippen molar-refractivity contribution in [1.29, 1.82) is 0 Å². The number of nitrogens with zero attached hydrogens (tertiary/aromatic N) is 6. The van der Waals surface area contributed by atoms with Crippen LogP contribution in [0.2, 0.25) is 0 Å². The van der Waals surface area contributed by atoms with E-state index in [2.05, 4.69) is 36.9 Å². The molecule has 0 aliphatic carbocycles. The molecule has 0 aromatic carbocycles. The van der Waals surface area contributed by atoms with E-state index in [-0.39, 0.29) is 29.5 Å². The van der Waals surface area contributed by atoms with Crippen molar-refractivity contribution in [1.82, 2.24) is 24.7 Å². The highest BCUT2D eigenvalue weighted by Crippen LogP contribution is 2.16. The van der Waals surface area contributed by atoms with E-state index >= 15 is 0 Å². The van der Waals surface area contributed by atoms with E-state index in [4.69, 9.17) is 0 Å². The summed E-state index contributed by atoms with van der Waals surface area (Å²) >= 11 is 0. The van der Waals surface area contributed by atoms with Gasteiger partial charge in [0.25, 0.3) is 5.56 Å². The molecule has 158 valence electrons. The molecule has 9 heteroatoms. The van der Waals surface area contributed by atoms with E-state index < -0.39 is 0 Å². The molecule has 0 spiro atoms. The van der Waals surface area contributed by atoms with Crippen LogP contribution in [0.15, 0.2) is 22.2 Å². The third kappa shape index (κ3) is 5.37. The van der Waals surface area contributed by atoms with Crippen LogP contribution in [0.1, 0.15) is 26.2 Å². The van der Waals surface area contributed by atoms with E-state index in [1.807, 2.05) is 7.05 Å². The molecule has 28 heavy (non-hydrogen) atoms. The number of hydrogen-bond acceptors (Lipinski definition) is 5. The molecule has 1 aromatic heterocycles. The van der Waals surface area contributed by atoms with Gasteiger partial charge in [0.2, 0.25) is 0 Å².